The highest BCUT2D eigenvalue weighted by atomic mass is 16.5. The first kappa shape index (κ1) is 12.8. The summed E-state index contributed by atoms with van der Waals surface area (Å²) < 4.78 is 6.00. The number of amides is 2. The van der Waals surface area contributed by atoms with Crippen molar-refractivity contribution < 1.29 is 14.3 Å². The minimum Gasteiger partial charge on any atom is -0.353 e. The maximum absolute atomic E-state index is 12.7. The van der Waals surface area contributed by atoms with E-state index in [4.69, 9.17) is 4.74 Å². The lowest BCUT2D eigenvalue weighted by Gasteiger charge is -2.42. The van der Waals surface area contributed by atoms with E-state index in [9.17, 15) is 9.59 Å². The first-order valence-electron chi connectivity index (χ1n) is 7.38. The molecule has 4 heterocycles. The van der Waals surface area contributed by atoms with Gasteiger partial charge in [-0.05, 0) is 18.6 Å². The molecule has 0 radical (unpaired) electrons. The van der Waals surface area contributed by atoms with Gasteiger partial charge in [-0.25, -0.2) is 0 Å². The monoisotopic (exact) mass is 287 g/mol. The van der Waals surface area contributed by atoms with Crippen LogP contribution in [0.25, 0.3) is 0 Å². The molecule has 1 aromatic rings. The number of aromatic nitrogens is 1. The first-order valence-corrected chi connectivity index (χ1v) is 7.38. The van der Waals surface area contributed by atoms with Crippen LogP contribution in [0.5, 0.6) is 0 Å². The third-order valence-corrected chi connectivity index (χ3v) is 4.80. The highest BCUT2D eigenvalue weighted by Crippen LogP contribution is 2.45. The van der Waals surface area contributed by atoms with E-state index in [1.807, 2.05) is 4.90 Å². The van der Waals surface area contributed by atoms with E-state index in [1.54, 1.807) is 29.4 Å². The molecule has 110 valence electrons. The Kier molecular flexibility index (Phi) is 2.75. The van der Waals surface area contributed by atoms with Crippen molar-refractivity contribution in [1.82, 2.24) is 14.8 Å². The Bertz CT molecular complexity index is 591. The molecule has 3 aliphatic heterocycles. The molecule has 2 amide bonds. The Morgan fingerprint density at radius 1 is 1.33 bits per heavy atom. The number of ether oxygens (including phenoxy) is 1. The minimum atomic E-state index is -0.571. The molecule has 3 fully saturated rings. The van der Waals surface area contributed by atoms with Crippen LogP contribution in [0, 0.1) is 0 Å². The number of hydrogen-bond acceptors (Lipinski definition) is 4. The van der Waals surface area contributed by atoms with Gasteiger partial charge < -0.3 is 14.5 Å². The molecular formula is C15H17N3O3. The topological polar surface area (TPSA) is 62.7 Å². The summed E-state index contributed by atoms with van der Waals surface area (Å²) in [7, 11) is 0. The van der Waals surface area contributed by atoms with E-state index >= 15 is 0 Å². The van der Waals surface area contributed by atoms with Gasteiger partial charge in [-0.1, -0.05) is 0 Å². The fourth-order valence-corrected chi connectivity index (χ4v) is 3.85. The predicted octanol–water partition coefficient (Wildman–Crippen LogP) is 0.645. The van der Waals surface area contributed by atoms with E-state index in [2.05, 4.69) is 4.98 Å². The Morgan fingerprint density at radius 3 is 2.95 bits per heavy atom. The lowest BCUT2D eigenvalue weighted by atomic mass is 10.0. The van der Waals surface area contributed by atoms with Crippen LogP contribution < -0.4 is 0 Å². The Morgan fingerprint density at radius 2 is 2.14 bits per heavy atom. The van der Waals surface area contributed by atoms with Crippen molar-refractivity contribution in [1.29, 1.82) is 0 Å². The number of rotatable bonds is 1. The van der Waals surface area contributed by atoms with Crippen molar-refractivity contribution >= 4 is 11.8 Å². The van der Waals surface area contributed by atoms with Crippen LogP contribution in [0.2, 0.25) is 0 Å². The van der Waals surface area contributed by atoms with E-state index in [1.165, 1.54) is 0 Å². The van der Waals surface area contributed by atoms with E-state index in [-0.39, 0.29) is 17.9 Å². The zero-order valence-electron chi connectivity index (χ0n) is 11.7. The summed E-state index contributed by atoms with van der Waals surface area (Å²) in [4.78, 5) is 32.5. The van der Waals surface area contributed by atoms with Crippen molar-refractivity contribution in [2.45, 2.75) is 31.0 Å². The highest BCUT2D eigenvalue weighted by Gasteiger charge is 2.61. The number of carbonyl (C=O) groups excluding carboxylic acids is 2. The van der Waals surface area contributed by atoms with E-state index in [0.717, 1.165) is 13.0 Å². The van der Waals surface area contributed by atoms with Crippen LogP contribution in [0.15, 0.2) is 24.5 Å². The van der Waals surface area contributed by atoms with E-state index < -0.39 is 5.72 Å². The standard InChI is InChI=1S/C15H17N3O3/c19-13-10-12-15(18(13)7-1-9-21-15)4-8-17(12)14(20)11-2-5-16-6-3-11/h2-3,5-6,12H,1,4,7-10H2/t12-,15+/m1/s1. The van der Waals surface area contributed by atoms with Gasteiger partial charge >= 0.3 is 0 Å². The molecule has 1 spiro atoms. The van der Waals surface area contributed by atoms with Crippen LogP contribution >= 0.6 is 0 Å². The average molecular weight is 287 g/mol. The molecule has 6 heteroatoms. The largest absolute Gasteiger partial charge is 0.353 e. The van der Waals surface area contributed by atoms with Gasteiger partial charge in [-0.15, -0.1) is 0 Å². The summed E-state index contributed by atoms with van der Waals surface area (Å²) in [6.07, 6.45) is 5.18. The number of carbonyl (C=O) groups is 2. The van der Waals surface area contributed by atoms with Crippen LogP contribution in [0.1, 0.15) is 29.6 Å². The predicted molar refractivity (Wildman–Crippen MR) is 73.3 cm³/mol. The molecule has 6 nitrogen and oxygen atoms in total. The van der Waals surface area contributed by atoms with Gasteiger partial charge in [0, 0.05) is 37.5 Å². The van der Waals surface area contributed by atoms with Crippen LogP contribution in [-0.2, 0) is 9.53 Å². The number of nitrogens with zero attached hydrogens (tertiary/aromatic N) is 3. The third-order valence-electron chi connectivity index (χ3n) is 4.80. The number of likely N-dealkylation sites (tertiary alicyclic amines) is 1. The van der Waals surface area contributed by atoms with Gasteiger partial charge in [0.2, 0.25) is 5.91 Å². The van der Waals surface area contributed by atoms with Gasteiger partial charge in [0.15, 0.2) is 5.72 Å². The van der Waals surface area contributed by atoms with Crippen molar-refractivity contribution in [3.63, 3.8) is 0 Å². The fraction of sp³-hybridized carbons (Fsp3) is 0.533. The summed E-state index contributed by atoms with van der Waals surface area (Å²) in [5.41, 5.74) is 0.0432. The van der Waals surface area contributed by atoms with Crippen molar-refractivity contribution in [2.24, 2.45) is 0 Å². The highest BCUT2D eigenvalue weighted by molar-refractivity contribution is 5.95. The maximum atomic E-state index is 12.7. The smallest absolute Gasteiger partial charge is 0.254 e. The van der Waals surface area contributed by atoms with Gasteiger partial charge in [0.1, 0.15) is 0 Å². The molecule has 3 saturated heterocycles. The summed E-state index contributed by atoms with van der Waals surface area (Å²) in [5, 5.41) is 0. The quantitative estimate of drug-likeness (QED) is 0.760. The SMILES string of the molecule is O=C(c1ccncc1)N1CC[C@@]23OCCCN2C(=O)C[C@@H]13. The molecule has 0 unspecified atom stereocenters. The molecule has 21 heavy (non-hydrogen) atoms. The zero-order chi connectivity index (χ0) is 14.4. The first-order chi connectivity index (χ1) is 10.2. The second kappa shape index (κ2) is 4.53. The van der Waals surface area contributed by atoms with Gasteiger partial charge in [-0.2, -0.15) is 0 Å². The molecule has 0 N–H and O–H groups in total. The number of pyridine rings is 1. The van der Waals surface area contributed by atoms with Gasteiger partial charge in [-0.3, -0.25) is 14.6 Å². The molecule has 4 rings (SSSR count). The van der Waals surface area contributed by atoms with E-state index in [0.29, 0.717) is 31.6 Å². The summed E-state index contributed by atoms with van der Waals surface area (Å²) in [6.45, 7) is 2.04. The van der Waals surface area contributed by atoms with Crippen molar-refractivity contribution in [3.05, 3.63) is 30.1 Å². The molecular weight excluding hydrogens is 270 g/mol. The molecule has 3 aliphatic rings. The molecule has 0 bridgehead atoms. The lowest BCUT2D eigenvalue weighted by Crippen LogP contribution is -2.56. The summed E-state index contributed by atoms with van der Waals surface area (Å²) in [5.74, 6) is 0.0648. The van der Waals surface area contributed by atoms with Gasteiger partial charge in [0.05, 0.1) is 19.1 Å². The molecule has 0 saturated carbocycles. The summed E-state index contributed by atoms with van der Waals surface area (Å²) in [6, 6.07) is 3.26. The molecule has 0 aromatic carbocycles. The zero-order valence-corrected chi connectivity index (χ0v) is 11.7. The Labute approximate surface area is 122 Å². The normalized spacial score (nSPS) is 31.2. The van der Waals surface area contributed by atoms with Crippen LogP contribution in [0.3, 0.4) is 0 Å². The molecule has 0 aliphatic carbocycles. The summed E-state index contributed by atoms with van der Waals surface area (Å²) >= 11 is 0. The van der Waals surface area contributed by atoms with Crippen LogP contribution in [0.4, 0.5) is 0 Å². The second-order valence-corrected chi connectivity index (χ2v) is 5.80. The van der Waals surface area contributed by atoms with Crippen molar-refractivity contribution in [2.75, 3.05) is 19.7 Å². The molecule has 2 atom stereocenters. The van der Waals surface area contributed by atoms with Crippen molar-refractivity contribution in [3.8, 4) is 0 Å². The Balaban J connectivity index is 1.65. The second-order valence-electron chi connectivity index (χ2n) is 5.80. The third kappa shape index (κ3) is 1.72. The van der Waals surface area contributed by atoms with Gasteiger partial charge in [0.25, 0.3) is 5.91 Å². The average Bonchev–Trinajstić information content (AvgIpc) is 3.00. The number of hydrogen-bond donors (Lipinski definition) is 0. The fourth-order valence-electron chi connectivity index (χ4n) is 3.85. The lowest BCUT2D eigenvalue weighted by molar-refractivity contribution is -0.179. The maximum Gasteiger partial charge on any atom is 0.254 e. The molecule has 1 aromatic heterocycles. The van der Waals surface area contributed by atoms with Crippen LogP contribution in [-0.4, -0.2) is 58.1 Å². The minimum absolute atomic E-state index is 0.0388. The Hall–Kier alpha value is -1.95.